The van der Waals surface area contributed by atoms with Crippen LogP contribution in [0.15, 0.2) is 12.1 Å². The molecule has 1 aromatic carbocycles. The number of benzene rings is 1. The number of phenolic OH excluding ortho intramolecular Hbond substituents is 1. The highest BCUT2D eigenvalue weighted by Crippen LogP contribution is 2.22. The van der Waals surface area contributed by atoms with E-state index in [1.807, 2.05) is 13.0 Å². The number of fused-ring (bicyclic) bond motifs is 1. The third-order valence-electron chi connectivity index (χ3n) is 2.12. The average molecular weight is 213 g/mol. The summed E-state index contributed by atoms with van der Waals surface area (Å²) < 4.78 is 0. The van der Waals surface area contributed by atoms with Crippen LogP contribution in [0.3, 0.4) is 0 Å². The molecule has 1 N–H and O–H groups in total. The molecule has 0 aliphatic carbocycles. The van der Waals surface area contributed by atoms with Gasteiger partial charge in [0.25, 0.3) is 0 Å². The van der Waals surface area contributed by atoms with Crippen molar-refractivity contribution in [1.29, 1.82) is 0 Å². The Morgan fingerprint density at radius 1 is 1.46 bits per heavy atom. The SMILES string of the molecule is CC1=c2c(O)c(Cl)ccc2=CCS1. The highest BCUT2D eigenvalue weighted by atomic mass is 35.5. The smallest absolute Gasteiger partial charge is 0.142 e. The molecule has 2 rings (SSSR count). The number of hydrogen-bond donors (Lipinski definition) is 1. The summed E-state index contributed by atoms with van der Waals surface area (Å²) in [6, 6.07) is 3.68. The van der Waals surface area contributed by atoms with Crippen LogP contribution in [0.2, 0.25) is 5.02 Å². The second kappa shape index (κ2) is 3.28. The van der Waals surface area contributed by atoms with Crippen molar-refractivity contribution in [2.45, 2.75) is 6.92 Å². The van der Waals surface area contributed by atoms with E-state index in [0.717, 1.165) is 21.1 Å². The normalized spacial score (nSPS) is 15.1. The highest BCUT2D eigenvalue weighted by Gasteiger charge is 2.07. The van der Waals surface area contributed by atoms with Gasteiger partial charge in [0.2, 0.25) is 0 Å². The summed E-state index contributed by atoms with van der Waals surface area (Å²) in [5.41, 5.74) is 0. The second-order valence-corrected chi connectivity index (χ2v) is 4.57. The van der Waals surface area contributed by atoms with Crippen LogP contribution in [0.1, 0.15) is 6.92 Å². The zero-order valence-electron chi connectivity index (χ0n) is 7.17. The predicted octanol–water partition coefficient (Wildman–Crippen LogP) is 1.70. The standard InChI is InChI=1S/C10H9ClOS/c1-6-9-7(4-5-13-6)2-3-8(11)10(9)12/h2-4,12H,5H2,1H3. The van der Waals surface area contributed by atoms with Gasteiger partial charge < -0.3 is 5.11 Å². The van der Waals surface area contributed by atoms with E-state index in [4.69, 9.17) is 11.6 Å². The number of rotatable bonds is 0. The number of aromatic hydroxyl groups is 1. The Morgan fingerprint density at radius 2 is 2.23 bits per heavy atom. The molecule has 0 atom stereocenters. The van der Waals surface area contributed by atoms with Crippen LogP contribution in [0.5, 0.6) is 5.75 Å². The second-order valence-electron chi connectivity index (χ2n) is 2.93. The maximum absolute atomic E-state index is 9.73. The fourth-order valence-electron chi connectivity index (χ4n) is 1.45. The molecular weight excluding hydrogens is 204 g/mol. The van der Waals surface area contributed by atoms with Crippen molar-refractivity contribution < 1.29 is 5.11 Å². The molecule has 0 radical (unpaired) electrons. The van der Waals surface area contributed by atoms with Gasteiger partial charge in [0.1, 0.15) is 5.75 Å². The van der Waals surface area contributed by atoms with E-state index in [9.17, 15) is 5.11 Å². The van der Waals surface area contributed by atoms with Crippen molar-refractivity contribution in [3.63, 3.8) is 0 Å². The van der Waals surface area contributed by atoms with Gasteiger partial charge in [-0.05, 0) is 23.1 Å². The van der Waals surface area contributed by atoms with Crippen LogP contribution in [0.4, 0.5) is 0 Å². The summed E-state index contributed by atoms with van der Waals surface area (Å²) >= 11 is 7.55. The maximum Gasteiger partial charge on any atom is 0.142 e. The molecule has 3 heteroatoms. The van der Waals surface area contributed by atoms with Gasteiger partial charge in [-0.2, -0.15) is 0 Å². The van der Waals surface area contributed by atoms with Gasteiger partial charge in [-0.3, -0.25) is 0 Å². The van der Waals surface area contributed by atoms with Gasteiger partial charge in [-0.25, -0.2) is 0 Å². The van der Waals surface area contributed by atoms with Crippen LogP contribution in [-0.4, -0.2) is 10.9 Å². The lowest BCUT2D eigenvalue weighted by Gasteiger charge is -2.07. The number of hydrogen-bond acceptors (Lipinski definition) is 2. The quantitative estimate of drug-likeness (QED) is 0.707. The van der Waals surface area contributed by atoms with Crippen molar-refractivity contribution in [3.05, 3.63) is 27.6 Å². The fourth-order valence-corrected chi connectivity index (χ4v) is 2.48. The monoisotopic (exact) mass is 212 g/mol. The van der Waals surface area contributed by atoms with Gasteiger partial charge in [0.05, 0.1) is 5.02 Å². The van der Waals surface area contributed by atoms with Crippen LogP contribution in [0.25, 0.3) is 11.0 Å². The zero-order chi connectivity index (χ0) is 9.42. The minimum atomic E-state index is 0.208. The van der Waals surface area contributed by atoms with Crippen LogP contribution >= 0.6 is 23.4 Å². The molecule has 1 aliphatic heterocycles. The zero-order valence-corrected chi connectivity index (χ0v) is 8.75. The molecule has 0 saturated heterocycles. The first kappa shape index (κ1) is 8.97. The number of phenols is 1. The average Bonchev–Trinajstić information content (AvgIpc) is 2.12. The van der Waals surface area contributed by atoms with Gasteiger partial charge in [0.15, 0.2) is 0 Å². The minimum absolute atomic E-state index is 0.208. The van der Waals surface area contributed by atoms with Crippen LogP contribution in [-0.2, 0) is 0 Å². The van der Waals surface area contributed by atoms with Crippen LogP contribution < -0.4 is 10.4 Å². The molecule has 0 fully saturated rings. The van der Waals surface area contributed by atoms with E-state index in [-0.39, 0.29) is 5.75 Å². The highest BCUT2D eigenvalue weighted by molar-refractivity contribution is 8.08. The molecule has 1 nitrogen and oxygen atoms in total. The first-order chi connectivity index (χ1) is 6.20. The molecule has 0 aromatic heterocycles. The third kappa shape index (κ3) is 1.45. The number of halogens is 1. The topological polar surface area (TPSA) is 20.2 Å². The van der Waals surface area contributed by atoms with Crippen molar-refractivity contribution in [2.75, 3.05) is 5.75 Å². The van der Waals surface area contributed by atoms with E-state index >= 15 is 0 Å². The molecule has 0 amide bonds. The van der Waals surface area contributed by atoms with Crippen molar-refractivity contribution in [1.82, 2.24) is 0 Å². The molecule has 0 bridgehead atoms. The Labute approximate surface area is 85.7 Å². The Morgan fingerprint density at radius 3 is 3.00 bits per heavy atom. The predicted molar refractivity (Wildman–Crippen MR) is 58.4 cm³/mol. The van der Waals surface area contributed by atoms with E-state index in [2.05, 4.69) is 6.08 Å². The van der Waals surface area contributed by atoms with E-state index in [1.54, 1.807) is 17.8 Å². The Kier molecular flexibility index (Phi) is 2.26. The lowest BCUT2D eigenvalue weighted by atomic mass is 10.2. The Hall–Kier alpha value is -0.600. The summed E-state index contributed by atoms with van der Waals surface area (Å²) in [6.07, 6.45) is 2.10. The molecular formula is C10H9ClOS. The molecule has 13 heavy (non-hydrogen) atoms. The van der Waals surface area contributed by atoms with Gasteiger partial charge in [-0.1, -0.05) is 23.7 Å². The first-order valence-corrected chi connectivity index (χ1v) is 5.38. The number of thioether (sulfide) groups is 1. The van der Waals surface area contributed by atoms with E-state index in [0.29, 0.717) is 5.02 Å². The first-order valence-electron chi connectivity index (χ1n) is 4.01. The van der Waals surface area contributed by atoms with Gasteiger partial charge in [-0.15, -0.1) is 11.8 Å². The van der Waals surface area contributed by atoms with Gasteiger partial charge in [0, 0.05) is 11.0 Å². The van der Waals surface area contributed by atoms with E-state index < -0.39 is 0 Å². The maximum atomic E-state index is 9.73. The summed E-state index contributed by atoms with van der Waals surface area (Å²) in [7, 11) is 0. The Bertz CT molecular complexity index is 465. The minimum Gasteiger partial charge on any atom is -0.506 e. The molecule has 0 spiro atoms. The molecule has 0 saturated carbocycles. The lowest BCUT2D eigenvalue weighted by Crippen LogP contribution is -2.28. The summed E-state index contributed by atoms with van der Waals surface area (Å²) in [4.78, 5) is 1.14. The summed E-state index contributed by atoms with van der Waals surface area (Å²) in [5.74, 6) is 1.18. The van der Waals surface area contributed by atoms with Crippen LogP contribution in [0, 0.1) is 0 Å². The molecule has 1 aliphatic rings. The molecule has 68 valence electrons. The molecule has 1 aromatic rings. The van der Waals surface area contributed by atoms with E-state index in [1.165, 1.54) is 0 Å². The van der Waals surface area contributed by atoms with Gasteiger partial charge >= 0.3 is 0 Å². The summed E-state index contributed by atoms with van der Waals surface area (Å²) in [6.45, 7) is 2.01. The van der Waals surface area contributed by atoms with Crippen molar-refractivity contribution in [2.24, 2.45) is 0 Å². The largest absolute Gasteiger partial charge is 0.506 e. The Balaban J connectivity index is 2.96. The third-order valence-corrected chi connectivity index (χ3v) is 3.39. The summed E-state index contributed by atoms with van der Waals surface area (Å²) in [5, 5.41) is 12.1. The fraction of sp³-hybridized carbons (Fsp3) is 0.200. The molecule has 0 unspecified atom stereocenters. The molecule has 1 heterocycles. The van der Waals surface area contributed by atoms with Crippen molar-refractivity contribution in [3.8, 4) is 5.75 Å². The van der Waals surface area contributed by atoms with Crippen molar-refractivity contribution >= 4 is 34.3 Å². The lowest BCUT2D eigenvalue weighted by molar-refractivity contribution is 0.470.